The number of carbonyl (C=O) groups is 3. The lowest BCUT2D eigenvalue weighted by Gasteiger charge is -2.34. The summed E-state index contributed by atoms with van der Waals surface area (Å²) in [7, 11) is 0. The summed E-state index contributed by atoms with van der Waals surface area (Å²) in [5.74, 6) is -1.76. The van der Waals surface area contributed by atoms with Gasteiger partial charge >= 0.3 is 11.9 Å². The topological polar surface area (TPSA) is 102 Å². The molecule has 2 N–H and O–H groups in total. The molecule has 0 saturated heterocycles. The zero-order valence-electron chi connectivity index (χ0n) is 17.2. The van der Waals surface area contributed by atoms with E-state index in [0.29, 0.717) is 32.3 Å². The van der Waals surface area contributed by atoms with Crippen molar-refractivity contribution in [2.45, 2.75) is 90.5 Å². The summed E-state index contributed by atoms with van der Waals surface area (Å²) in [6.07, 6.45) is 8.10. The fourth-order valence-electron chi connectivity index (χ4n) is 4.71. The molecule has 0 spiro atoms. The van der Waals surface area contributed by atoms with Gasteiger partial charge in [0.25, 0.3) is 0 Å². The van der Waals surface area contributed by atoms with Crippen LogP contribution in [0, 0.1) is 17.3 Å². The van der Waals surface area contributed by atoms with E-state index in [2.05, 4.69) is 5.32 Å². The molecular weight excluding hydrogens is 362 g/mol. The summed E-state index contributed by atoms with van der Waals surface area (Å²) in [5, 5.41) is 12.7. The van der Waals surface area contributed by atoms with Crippen LogP contribution in [0.3, 0.4) is 0 Å². The molecule has 0 aromatic heterocycles. The molecule has 2 aliphatic rings. The zero-order chi connectivity index (χ0) is 20.6. The van der Waals surface area contributed by atoms with Crippen LogP contribution < -0.4 is 5.32 Å². The zero-order valence-corrected chi connectivity index (χ0v) is 17.2. The van der Waals surface area contributed by atoms with E-state index < -0.39 is 17.3 Å². The fraction of sp³-hybridized carbons (Fsp3) is 0.857. The van der Waals surface area contributed by atoms with Crippen molar-refractivity contribution in [2.24, 2.45) is 17.3 Å². The Morgan fingerprint density at radius 2 is 1.75 bits per heavy atom. The number of carboxylic acids is 1. The molecule has 1 unspecified atom stereocenters. The summed E-state index contributed by atoms with van der Waals surface area (Å²) in [6, 6.07) is 0.0376. The average Bonchev–Trinajstić information content (AvgIpc) is 3.16. The van der Waals surface area contributed by atoms with Crippen LogP contribution in [0.2, 0.25) is 0 Å². The molecule has 2 fully saturated rings. The minimum absolute atomic E-state index is 0.00713. The van der Waals surface area contributed by atoms with Crippen molar-refractivity contribution in [3.63, 3.8) is 0 Å². The smallest absolute Gasteiger partial charge is 0.345 e. The first-order valence-corrected chi connectivity index (χ1v) is 10.8. The molecule has 0 heterocycles. The molecule has 160 valence electrons. The van der Waals surface area contributed by atoms with Gasteiger partial charge in [0.2, 0.25) is 5.91 Å². The largest absolute Gasteiger partial charge is 0.481 e. The van der Waals surface area contributed by atoms with Gasteiger partial charge in [-0.3, -0.25) is 14.5 Å². The Kier molecular flexibility index (Phi) is 8.73. The SMILES string of the molecule is CCCC(CC1(C(=O)NC2CCC(C(=O)OOCC)CC2)CCCC1)C(=O)O. The lowest BCUT2D eigenvalue weighted by Crippen LogP contribution is -2.47. The summed E-state index contributed by atoms with van der Waals surface area (Å²) >= 11 is 0. The number of carbonyl (C=O) groups excluding carboxylic acids is 2. The normalized spacial score (nSPS) is 25.1. The van der Waals surface area contributed by atoms with Gasteiger partial charge in [0.1, 0.15) is 0 Å². The molecule has 0 aliphatic heterocycles. The van der Waals surface area contributed by atoms with Gasteiger partial charge in [-0.15, -0.1) is 0 Å². The van der Waals surface area contributed by atoms with E-state index in [9.17, 15) is 19.5 Å². The summed E-state index contributed by atoms with van der Waals surface area (Å²) in [6.45, 7) is 4.06. The molecule has 2 rings (SSSR count). The average molecular weight is 398 g/mol. The first kappa shape index (κ1) is 22.7. The van der Waals surface area contributed by atoms with Crippen molar-refractivity contribution in [3.8, 4) is 0 Å². The van der Waals surface area contributed by atoms with Crippen molar-refractivity contribution in [1.29, 1.82) is 0 Å². The summed E-state index contributed by atoms with van der Waals surface area (Å²) in [5.41, 5.74) is -0.553. The number of carboxylic acid groups (broad SMARTS) is 1. The van der Waals surface area contributed by atoms with Crippen molar-refractivity contribution < 1.29 is 29.3 Å². The van der Waals surface area contributed by atoms with E-state index in [0.717, 1.165) is 44.9 Å². The number of hydrogen-bond donors (Lipinski definition) is 2. The van der Waals surface area contributed by atoms with Crippen LogP contribution in [-0.2, 0) is 24.2 Å². The standard InChI is InChI=1S/C21H35NO6/c1-3-7-16(18(23)24)14-21(12-5-6-13-21)20(26)22-17-10-8-15(9-11-17)19(25)28-27-4-2/h15-17H,3-14H2,1-2H3,(H,22,26)(H,23,24). The molecule has 7 nitrogen and oxygen atoms in total. The molecule has 0 radical (unpaired) electrons. The van der Waals surface area contributed by atoms with Crippen molar-refractivity contribution in [3.05, 3.63) is 0 Å². The number of amides is 1. The van der Waals surface area contributed by atoms with Gasteiger partial charge in [-0.25, -0.2) is 4.79 Å². The van der Waals surface area contributed by atoms with Gasteiger partial charge in [0.15, 0.2) is 0 Å². The number of aliphatic carboxylic acids is 1. The van der Waals surface area contributed by atoms with Gasteiger partial charge in [-0.05, 0) is 58.3 Å². The highest BCUT2D eigenvalue weighted by molar-refractivity contribution is 5.84. The van der Waals surface area contributed by atoms with Crippen molar-refractivity contribution in [1.82, 2.24) is 5.32 Å². The van der Waals surface area contributed by atoms with Crippen molar-refractivity contribution >= 4 is 17.8 Å². The number of nitrogens with one attached hydrogen (secondary N) is 1. The number of rotatable bonds is 10. The molecule has 2 aliphatic carbocycles. The second kappa shape index (κ2) is 10.8. The number of hydrogen-bond acceptors (Lipinski definition) is 5. The highest BCUT2D eigenvalue weighted by atomic mass is 17.2. The molecule has 1 amide bonds. The predicted octanol–water partition coefficient (Wildman–Crippen LogP) is 3.61. The van der Waals surface area contributed by atoms with E-state index in [1.54, 1.807) is 6.92 Å². The Morgan fingerprint density at radius 1 is 1.11 bits per heavy atom. The Bertz CT molecular complexity index is 535. The molecule has 2 saturated carbocycles. The van der Waals surface area contributed by atoms with Gasteiger partial charge in [-0.1, -0.05) is 26.2 Å². The van der Waals surface area contributed by atoms with Gasteiger partial charge in [0, 0.05) is 6.04 Å². The van der Waals surface area contributed by atoms with Crippen LogP contribution >= 0.6 is 0 Å². The van der Waals surface area contributed by atoms with Crippen LogP contribution in [0.1, 0.15) is 84.5 Å². The highest BCUT2D eigenvalue weighted by Gasteiger charge is 2.44. The van der Waals surface area contributed by atoms with Crippen LogP contribution in [0.4, 0.5) is 0 Å². The Morgan fingerprint density at radius 3 is 2.29 bits per heavy atom. The van der Waals surface area contributed by atoms with Crippen LogP contribution in [0.25, 0.3) is 0 Å². The van der Waals surface area contributed by atoms with Gasteiger partial charge < -0.3 is 10.4 Å². The van der Waals surface area contributed by atoms with E-state index >= 15 is 0 Å². The Balaban J connectivity index is 1.91. The first-order chi connectivity index (χ1) is 13.4. The fourth-order valence-corrected chi connectivity index (χ4v) is 4.71. The maximum absolute atomic E-state index is 13.1. The molecular formula is C21H35NO6. The van der Waals surface area contributed by atoms with E-state index in [4.69, 9.17) is 9.78 Å². The van der Waals surface area contributed by atoms with Crippen molar-refractivity contribution in [2.75, 3.05) is 6.61 Å². The second-order valence-electron chi connectivity index (χ2n) is 8.35. The third kappa shape index (κ3) is 5.93. The van der Waals surface area contributed by atoms with Crippen LogP contribution in [0.15, 0.2) is 0 Å². The van der Waals surface area contributed by atoms with E-state index in [-0.39, 0.29) is 23.8 Å². The minimum Gasteiger partial charge on any atom is -0.481 e. The molecule has 0 aromatic carbocycles. The summed E-state index contributed by atoms with van der Waals surface area (Å²) in [4.78, 5) is 46.1. The quantitative estimate of drug-likeness (QED) is 0.431. The molecule has 7 heteroatoms. The first-order valence-electron chi connectivity index (χ1n) is 10.8. The van der Waals surface area contributed by atoms with E-state index in [1.807, 2.05) is 6.92 Å². The summed E-state index contributed by atoms with van der Waals surface area (Å²) < 4.78 is 0. The maximum Gasteiger partial charge on any atom is 0.345 e. The third-order valence-corrected chi connectivity index (χ3v) is 6.32. The maximum atomic E-state index is 13.1. The van der Waals surface area contributed by atoms with Gasteiger partial charge in [-0.2, -0.15) is 4.89 Å². The highest BCUT2D eigenvalue weighted by Crippen LogP contribution is 2.44. The van der Waals surface area contributed by atoms with E-state index in [1.165, 1.54) is 0 Å². The third-order valence-electron chi connectivity index (χ3n) is 6.32. The Hall–Kier alpha value is -1.63. The molecule has 0 bridgehead atoms. The predicted molar refractivity (Wildman–Crippen MR) is 103 cm³/mol. The monoisotopic (exact) mass is 397 g/mol. The molecule has 1 atom stereocenters. The lowest BCUT2D eigenvalue weighted by molar-refractivity contribution is -0.274. The van der Waals surface area contributed by atoms with Crippen LogP contribution in [-0.4, -0.2) is 35.6 Å². The lowest BCUT2D eigenvalue weighted by atomic mass is 9.75. The Labute approximate surface area is 167 Å². The molecule has 28 heavy (non-hydrogen) atoms. The minimum atomic E-state index is -0.797. The van der Waals surface area contributed by atoms with Crippen LogP contribution in [0.5, 0.6) is 0 Å². The molecule has 0 aromatic rings. The second-order valence-corrected chi connectivity index (χ2v) is 8.35. The van der Waals surface area contributed by atoms with Gasteiger partial charge in [0.05, 0.1) is 23.9 Å².